The number of hydrogen-bond donors (Lipinski definition) is 0. The molecule has 0 radical (unpaired) electrons. The van der Waals surface area contributed by atoms with Crippen LogP contribution in [0, 0.1) is 11.8 Å². The number of sulfonamides is 1. The highest BCUT2D eigenvalue weighted by atomic mass is 32.2. The van der Waals surface area contributed by atoms with Crippen LogP contribution in [-0.2, 0) is 10.0 Å². The quantitative estimate of drug-likeness (QED) is 0.680. The van der Waals surface area contributed by atoms with Gasteiger partial charge in [0.2, 0.25) is 10.0 Å². The lowest BCUT2D eigenvalue weighted by molar-refractivity contribution is 0.157. The second-order valence-electron chi connectivity index (χ2n) is 6.18. The van der Waals surface area contributed by atoms with Gasteiger partial charge in [-0.2, -0.15) is 0 Å². The average Bonchev–Trinajstić information content (AvgIpc) is 2.53. The molecule has 94 valence electrons. The van der Waals surface area contributed by atoms with Gasteiger partial charge in [-0.3, -0.25) is 4.90 Å². The molecule has 0 spiro atoms. The molecular formula is C11H22N2O2S. The molecule has 0 aromatic rings. The molecule has 0 aromatic carbocycles. The van der Waals surface area contributed by atoms with E-state index in [0.717, 1.165) is 26.2 Å². The summed E-state index contributed by atoms with van der Waals surface area (Å²) in [5.74, 6) is 1.07. The van der Waals surface area contributed by atoms with Crippen LogP contribution in [-0.4, -0.2) is 55.6 Å². The van der Waals surface area contributed by atoms with Crippen molar-refractivity contribution in [3.05, 3.63) is 0 Å². The van der Waals surface area contributed by atoms with E-state index in [1.54, 1.807) is 4.31 Å². The van der Waals surface area contributed by atoms with E-state index < -0.39 is 10.0 Å². The van der Waals surface area contributed by atoms with Crippen molar-refractivity contribution in [3.8, 4) is 0 Å². The van der Waals surface area contributed by atoms with E-state index in [9.17, 15) is 8.42 Å². The third-order valence-electron chi connectivity index (χ3n) is 3.87. The molecular weight excluding hydrogens is 224 g/mol. The fraction of sp³-hybridized carbons (Fsp3) is 1.00. The van der Waals surface area contributed by atoms with E-state index >= 15 is 0 Å². The van der Waals surface area contributed by atoms with Gasteiger partial charge in [-0.1, -0.05) is 0 Å². The van der Waals surface area contributed by atoms with Gasteiger partial charge in [0.15, 0.2) is 0 Å². The van der Waals surface area contributed by atoms with Crippen molar-refractivity contribution >= 4 is 10.0 Å². The van der Waals surface area contributed by atoms with Crippen LogP contribution < -0.4 is 0 Å². The second kappa shape index (κ2) is 3.68. The summed E-state index contributed by atoms with van der Waals surface area (Å²) >= 11 is 0. The van der Waals surface area contributed by atoms with Crippen molar-refractivity contribution in [3.63, 3.8) is 0 Å². The summed E-state index contributed by atoms with van der Waals surface area (Å²) < 4.78 is 24.6. The minimum Gasteiger partial charge on any atom is -0.298 e. The first-order valence-electron chi connectivity index (χ1n) is 5.88. The van der Waals surface area contributed by atoms with Crippen molar-refractivity contribution in [2.24, 2.45) is 11.8 Å². The van der Waals surface area contributed by atoms with Gasteiger partial charge in [0.25, 0.3) is 0 Å². The molecule has 2 rings (SSSR count). The molecule has 0 bridgehead atoms. The molecule has 16 heavy (non-hydrogen) atoms. The van der Waals surface area contributed by atoms with Crippen LogP contribution in [0.15, 0.2) is 0 Å². The summed E-state index contributed by atoms with van der Waals surface area (Å²) in [6.07, 6.45) is 1.32. The summed E-state index contributed by atoms with van der Waals surface area (Å²) in [4.78, 5) is 2.47. The topological polar surface area (TPSA) is 40.6 Å². The van der Waals surface area contributed by atoms with E-state index in [4.69, 9.17) is 0 Å². The number of rotatable bonds is 1. The highest BCUT2D eigenvalue weighted by Gasteiger charge is 2.44. The molecule has 0 saturated carbocycles. The van der Waals surface area contributed by atoms with Gasteiger partial charge in [-0.25, -0.2) is 12.7 Å². The molecule has 2 aliphatic rings. The van der Waals surface area contributed by atoms with Crippen LogP contribution in [0.1, 0.15) is 20.8 Å². The minimum absolute atomic E-state index is 0.209. The van der Waals surface area contributed by atoms with Crippen LogP contribution >= 0.6 is 0 Å². The first kappa shape index (κ1) is 12.3. The maximum Gasteiger partial charge on any atom is 0.211 e. The fourth-order valence-electron chi connectivity index (χ4n) is 2.77. The molecule has 0 aliphatic carbocycles. The van der Waals surface area contributed by atoms with Crippen molar-refractivity contribution in [1.82, 2.24) is 9.21 Å². The molecule has 2 saturated heterocycles. The lowest BCUT2D eigenvalue weighted by atomic mass is 10.0. The minimum atomic E-state index is -2.98. The maximum atomic E-state index is 11.5. The summed E-state index contributed by atoms with van der Waals surface area (Å²) in [5.41, 5.74) is 0.209. The monoisotopic (exact) mass is 246 g/mol. The fourth-order valence-corrected chi connectivity index (χ4v) is 3.69. The van der Waals surface area contributed by atoms with Gasteiger partial charge < -0.3 is 0 Å². The van der Waals surface area contributed by atoms with Crippen molar-refractivity contribution < 1.29 is 8.42 Å². The molecule has 4 nitrogen and oxygen atoms in total. The first-order valence-corrected chi connectivity index (χ1v) is 7.73. The molecule has 2 unspecified atom stereocenters. The smallest absolute Gasteiger partial charge is 0.211 e. The Bertz CT molecular complexity index is 358. The largest absolute Gasteiger partial charge is 0.298 e. The van der Waals surface area contributed by atoms with Gasteiger partial charge in [0, 0.05) is 31.7 Å². The third-order valence-corrected chi connectivity index (χ3v) is 5.11. The number of nitrogens with zero attached hydrogens (tertiary/aromatic N) is 2. The normalized spacial score (nSPS) is 33.2. The van der Waals surface area contributed by atoms with Gasteiger partial charge in [-0.15, -0.1) is 0 Å². The molecule has 2 heterocycles. The second-order valence-corrected chi connectivity index (χ2v) is 8.16. The van der Waals surface area contributed by atoms with E-state index in [1.165, 1.54) is 6.26 Å². The van der Waals surface area contributed by atoms with Crippen LogP contribution in [0.5, 0.6) is 0 Å². The predicted octanol–water partition coefficient (Wildman–Crippen LogP) is 0.608. The van der Waals surface area contributed by atoms with Crippen LogP contribution in [0.25, 0.3) is 0 Å². The lowest BCUT2D eigenvalue weighted by Crippen LogP contribution is -2.42. The van der Waals surface area contributed by atoms with E-state index in [0.29, 0.717) is 11.8 Å². The van der Waals surface area contributed by atoms with Crippen LogP contribution in [0.3, 0.4) is 0 Å². The number of hydrogen-bond acceptors (Lipinski definition) is 3. The van der Waals surface area contributed by atoms with Crippen LogP contribution in [0.4, 0.5) is 0 Å². The molecule has 0 aromatic heterocycles. The summed E-state index contributed by atoms with van der Waals surface area (Å²) in [6, 6.07) is 0. The van der Waals surface area contributed by atoms with Crippen LogP contribution in [0.2, 0.25) is 0 Å². The predicted molar refractivity (Wildman–Crippen MR) is 64.7 cm³/mol. The van der Waals surface area contributed by atoms with Crippen molar-refractivity contribution in [1.29, 1.82) is 0 Å². The Morgan fingerprint density at radius 3 is 1.75 bits per heavy atom. The molecule has 2 atom stereocenters. The van der Waals surface area contributed by atoms with Gasteiger partial charge in [0.1, 0.15) is 0 Å². The summed E-state index contributed by atoms with van der Waals surface area (Å²) in [6.45, 7) is 10.2. The Labute approximate surface area is 98.7 Å². The zero-order valence-corrected chi connectivity index (χ0v) is 11.4. The highest BCUT2D eigenvalue weighted by Crippen LogP contribution is 2.35. The highest BCUT2D eigenvalue weighted by molar-refractivity contribution is 7.88. The van der Waals surface area contributed by atoms with Crippen molar-refractivity contribution in [2.75, 3.05) is 32.4 Å². The maximum absolute atomic E-state index is 11.5. The van der Waals surface area contributed by atoms with Gasteiger partial charge in [-0.05, 0) is 32.6 Å². The summed E-state index contributed by atoms with van der Waals surface area (Å²) in [5, 5.41) is 0. The van der Waals surface area contributed by atoms with E-state index in [1.807, 2.05) is 0 Å². The molecule has 2 aliphatic heterocycles. The lowest BCUT2D eigenvalue weighted by Gasteiger charge is -2.33. The number of likely N-dealkylation sites (tertiary alicyclic amines) is 1. The zero-order chi connectivity index (χ0) is 12.1. The van der Waals surface area contributed by atoms with Gasteiger partial charge in [0.05, 0.1) is 6.26 Å². The average molecular weight is 246 g/mol. The Hall–Kier alpha value is -0.130. The molecule has 5 heteroatoms. The van der Waals surface area contributed by atoms with E-state index in [-0.39, 0.29) is 5.54 Å². The SMILES string of the molecule is CC(C)(C)N1CC2CN(S(C)(=O)=O)CC2C1. The Morgan fingerprint density at radius 2 is 1.44 bits per heavy atom. The Balaban J connectivity index is 2.02. The Morgan fingerprint density at radius 1 is 1.00 bits per heavy atom. The molecule has 0 amide bonds. The third kappa shape index (κ3) is 2.26. The zero-order valence-electron chi connectivity index (χ0n) is 10.6. The van der Waals surface area contributed by atoms with E-state index in [2.05, 4.69) is 25.7 Å². The molecule has 2 fully saturated rings. The summed E-state index contributed by atoms with van der Waals surface area (Å²) in [7, 11) is -2.98. The van der Waals surface area contributed by atoms with Gasteiger partial charge >= 0.3 is 0 Å². The molecule has 0 N–H and O–H groups in total. The Kier molecular flexibility index (Phi) is 2.84. The number of fused-ring (bicyclic) bond motifs is 1. The first-order chi connectivity index (χ1) is 7.18. The standard InChI is InChI=1S/C11H22N2O2S/c1-11(2,3)12-5-9-7-13(16(4,14)15)8-10(9)6-12/h9-10H,5-8H2,1-4H3. The van der Waals surface area contributed by atoms with Crippen molar-refractivity contribution in [2.45, 2.75) is 26.3 Å².